The fourth-order valence-electron chi connectivity index (χ4n) is 2.93. The highest BCUT2D eigenvalue weighted by Gasteiger charge is 2.16. The zero-order valence-corrected chi connectivity index (χ0v) is 12.9. The topological polar surface area (TPSA) is 105 Å². The Morgan fingerprint density at radius 1 is 0.960 bits per heavy atom. The molecule has 0 radical (unpaired) electrons. The molecule has 0 amide bonds. The summed E-state index contributed by atoms with van der Waals surface area (Å²) in [4.78, 5) is 23.8. The maximum absolute atomic E-state index is 11.5. The van der Waals surface area contributed by atoms with Gasteiger partial charge in [-0.05, 0) is 18.2 Å². The maximum atomic E-state index is 11.5. The van der Waals surface area contributed by atoms with Gasteiger partial charge in [-0.2, -0.15) is 0 Å². The van der Waals surface area contributed by atoms with Crippen molar-refractivity contribution in [3.63, 3.8) is 0 Å². The highest BCUT2D eigenvalue weighted by molar-refractivity contribution is 6.10. The molecule has 0 spiro atoms. The predicted octanol–water partition coefficient (Wildman–Crippen LogP) is 4.02. The standard InChI is InChI=1S/C18H12N2O2.HNO2/c21-18(22)14-9-10-19-11-17(14)20-15-7-3-1-5-12(15)13-6-2-4-8-16(13)20;2-1-3/h1-11H,(H,21,22);(H,2,3). The number of pyridine rings is 1. The van der Waals surface area contributed by atoms with Crippen molar-refractivity contribution in [1.82, 2.24) is 9.55 Å². The van der Waals surface area contributed by atoms with Crippen LogP contribution in [0.3, 0.4) is 0 Å². The number of para-hydroxylation sites is 2. The molecule has 0 aliphatic carbocycles. The summed E-state index contributed by atoms with van der Waals surface area (Å²) in [7, 11) is 0. The van der Waals surface area contributed by atoms with Gasteiger partial charge < -0.3 is 14.9 Å². The van der Waals surface area contributed by atoms with Gasteiger partial charge in [0.2, 0.25) is 0 Å². The van der Waals surface area contributed by atoms with Crippen LogP contribution in [0.2, 0.25) is 0 Å². The smallest absolute Gasteiger partial charge is 0.337 e. The Kier molecular flexibility index (Phi) is 4.38. The largest absolute Gasteiger partial charge is 0.478 e. The number of fused-ring (bicyclic) bond motifs is 3. The van der Waals surface area contributed by atoms with E-state index in [-0.39, 0.29) is 5.56 Å². The van der Waals surface area contributed by atoms with Gasteiger partial charge in [-0.15, -0.1) is 4.91 Å². The molecule has 2 N–H and O–H groups in total. The Labute approximate surface area is 141 Å². The van der Waals surface area contributed by atoms with Crippen LogP contribution in [0.15, 0.2) is 72.3 Å². The summed E-state index contributed by atoms with van der Waals surface area (Å²) >= 11 is 0. The van der Waals surface area contributed by atoms with Crippen LogP contribution in [0.5, 0.6) is 0 Å². The number of hydrogen-bond acceptors (Lipinski definition) is 4. The van der Waals surface area contributed by atoms with Gasteiger partial charge in [-0.1, -0.05) is 36.4 Å². The van der Waals surface area contributed by atoms with Gasteiger partial charge in [0.15, 0.2) is 5.34 Å². The molecule has 4 aromatic rings. The molecule has 7 heteroatoms. The Balaban J connectivity index is 0.000000569. The predicted molar refractivity (Wildman–Crippen MR) is 93.1 cm³/mol. The molecular weight excluding hydrogens is 322 g/mol. The van der Waals surface area contributed by atoms with Crippen molar-refractivity contribution in [2.24, 2.45) is 5.34 Å². The van der Waals surface area contributed by atoms with Gasteiger partial charge >= 0.3 is 5.97 Å². The summed E-state index contributed by atoms with van der Waals surface area (Å²) in [5.74, 6) is -0.959. The number of hydrogen-bond donors (Lipinski definition) is 2. The third-order valence-electron chi connectivity index (χ3n) is 3.85. The summed E-state index contributed by atoms with van der Waals surface area (Å²) in [5, 5.41) is 19.5. The van der Waals surface area contributed by atoms with Gasteiger partial charge in [-0.3, -0.25) is 4.98 Å². The molecule has 7 nitrogen and oxygen atoms in total. The van der Waals surface area contributed by atoms with Crippen LogP contribution in [0.25, 0.3) is 27.5 Å². The summed E-state index contributed by atoms with van der Waals surface area (Å²) in [6, 6.07) is 17.5. The van der Waals surface area contributed by atoms with Crippen molar-refractivity contribution in [2.45, 2.75) is 0 Å². The van der Waals surface area contributed by atoms with E-state index < -0.39 is 5.97 Å². The minimum Gasteiger partial charge on any atom is -0.478 e. The molecule has 124 valence electrons. The van der Waals surface area contributed by atoms with Crippen molar-refractivity contribution in [3.05, 3.63) is 77.5 Å². The number of carboxylic acid groups (broad SMARTS) is 1. The Morgan fingerprint density at radius 2 is 1.48 bits per heavy atom. The second kappa shape index (κ2) is 6.79. The summed E-state index contributed by atoms with van der Waals surface area (Å²) < 4.78 is 1.96. The third kappa shape index (κ3) is 2.78. The van der Waals surface area contributed by atoms with Gasteiger partial charge in [-0.25, -0.2) is 4.79 Å². The van der Waals surface area contributed by atoms with Crippen molar-refractivity contribution in [2.75, 3.05) is 0 Å². The number of aromatic nitrogens is 2. The van der Waals surface area contributed by atoms with E-state index in [9.17, 15) is 9.90 Å². The molecule has 0 bridgehead atoms. The number of aromatic carboxylic acids is 1. The molecule has 0 unspecified atom stereocenters. The molecule has 25 heavy (non-hydrogen) atoms. The monoisotopic (exact) mass is 335 g/mol. The Bertz CT molecular complexity index is 1020. The van der Waals surface area contributed by atoms with E-state index in [4.69, 9.17) is 10.1 Å². The first-order valence-electron chi connectivity index (χ1n) is 7.31. The first kappa shape index (κ1) is 16.1. The first-order chi connectivity index (χ1) is 12.2. The van der Waals surface area contributed by atoms with Gasteiger partial charge in [0.1, 0.15) is 0 Å². The molecule has 2 heterocycles. The van der Waals surface area contributed by atoms with Crippen molar-refractivity contribution < 1.29 is 15.1 Å². The average molecular weight is 335 g/mol. The van der Waals surface area contributed by atoms with Gasteiger partial charge in [0, 0.05) is 17.0 Å². The molecule has 4 rings (SSSR count). The lowest BCUT2D eigenvalue weighted by Gasteiger charge is -2.10. The molecule has 2 aromatic heterocycles. The normalized spacial score (nSPS) is 10.2. The number of carboxylic acids is 1. The second-order valence-electron chi connectivity index (χ2n) is 5.15. The Morgan fingerprint density at radius 3 is 2.00 bits per heavy atom. The van der Waals surface area contributed by atoms with E-state index in [0.717, 1.165) is 21.8 Å². The molecular formula is C18H13N3O4. The van der Waals surface area contributed by atoms with E-state index in [1.165, 1.54) is 17.6 Å². The number of rotatable bonds is 2. The van der Waals surface area contributed by atoms with Crippen LogP contribution in [0.4, 0.5) is 0 Å². The lowest BCUT2D eigenvalue weighted by molar-refractivity contribution is 0.0697. The van der Waals surface area contributed by atoms with E-state index in [2.05, 4.69) is 4.98 Å². The first-order valence-corrected chi connectivity index (χ1v) is 7.31. The fourth-order valence-corrected chi connectivity index (χ4v) is 2.93. The lowest BCUT2D eigenvalue weighted by Crippen LogP contribution is -2.05. The van der Waals surface area contributed by atoms with E-state index in [1.54, 1.807) is 6.20 Å². The zero-order chi connectivity index (χ0) is 17.8. The van der Waals surface area contributed by atoms with Crippen molar-refractivity contribution in [3.8, 4) is 5.69 Å². The Hall–Kier alpha value is -3.74. The van der Waals surface area contributed by atoms with Crippen molar-refractivity contribution >= 4 is 27.8 Å². The molecule has 2 aromatic carbocycles. The minimum absolute atomic E-state index is 0.238. The van der Waals surface area contributed by atoms with Crippen LogP contribution >= 0.6 is 0 Å². The van der Waals surface area contributed by atoms with Gasteiger partial charge in [0.25, 0.3) is 0 Å². The van der Waals surface area contributed by atoms with Crippen LogP contribution in [0.1, 0.15) is 10.4 Å². The molecule has 0 aliphatic rings. The quantitative estimate of drug-likeness (QED) is 0.425. The second-order valence-corrected chi connectivity index (χ2v) is 5.15. The van der Waals surface area contributed by atoms with Crippen LogP contribution in [0, 0.1) is 4.91 Å². The highest BCUT2D eigenvalue weighted by atomic mass is 16.6. The summed E-state index contributed by atoms with van der Waals surface area (Å²) in [5.41, 5.74) is 2.76. The van der Waals surface area contributed by atoms with Crippen molar-refractivity contribution in [1.29, 1.82) is 0 Å². The van der Waals surface area contributed by atoms with Gasteiger partial charge in [0.05, 0.1) is 28.5 Å². The minimum atomic E-state index is -0.959. The molecule has 0 atom stereocenters. The number of benzene rings is 2. The molecule has 0 aliphatic heterocycles. The average Bonchev–Trinajstić information content (AvgIpc) is 2.97. The zero-order valence-electron chi connectivity index (χ0n) is 12.9. The number of nitrogens with zero attached hydrogens (tertiary/aromatic N) is 3. The summed E-state index contributed by atoms with van der Waals surface area (Å²) in [6.45, 7) is 0. The van der Waals surface area contributed by atoms with E-state index in [1.807, 2.05) is 53.1 Å². The SMILES string of the molecule is O=C(O)c1ccncc1-n1c2ccccc2c2ccccc21.O=NO. The molecule has 0 saturated carbocycles. The molecule has 0 fully saturated rings. The highest BCUT2D eigenvalue weighted by Crippen LogP contribution is 2.32. The maximum Gasteiger partial charge on any atom is 0.337 e. The van der Waals surface area contributed by atoms with Crippen LogP contribution < -0.4 is 0 Å². The third-order valence-corrected chi connectivity index (χ3v) is 3.85. The van der Waals surface area contributed by atoms with E-state index >= 15 is 0 Å². The van der Waals surface area contributed by atoms with Crippen LogP contribution in [-0.4, -0.2) is 25.8 Å². The van der Waals surface area contributed by atoms with Crippen LogP contribution in [-0.2, 0) is 0 Å². The number of carbonyl (C=O) groups is 1. The van der Waals surface area contributed by atoms with E-state index in [0.29, 0.717) is 5.69 Å². The summed E-state index contributed by atoms with van der Waals surface area (Å²) in [6.07, 6.45) is 3.10. The lowest BCUT2D eigenvalue weighted by atomic mass is 10.2. The molecule has 0 saturated heterocycles. The fraction of sp³-hybridized carbons (Fsp3) is 0.